The number of furan rings is 1. The van der Waals surface area contributed by atoms with Crippen LogP contribution in [0.4, 0.5) is 0 Å². The number of likely N-dealkylation sites (N-methyl/N-ethyl adjacent to an activating group) is 1. The molecule has 2 N–H and O–H groups in total. The molecule has 0 aliphatic carbocycles. The first-order chi connectivity index (χ1) is 10.2. The first-order valence-corrected chi connectivity index (χ1v) is 7.84. The van der Waals surface area contributed by atoms with Gasteiger partial charge in [0.25, 0.3) is 0 Å². The van der Waals surface area contributed by atoms with Crippen LogP contribution in [0.3, 0.4) is 0 Å². The molecule has 0 saturated carbocycles. The molecule has 0 bridgehead atoms. The Morgan fingerprint density at radius 1 is 1.38 bits per heavy atom. The summed E-state index contributed by atoms with van der Waals surface area (Å²) in [5.74, 6) is 0. The Kier molecular flexibility index (Phi) is 4.05. The Morgan fingerprint density at radius 3 is 2.90 bits per heavy atom. The summed E-state index contributed by atoms with van der Waals surface area (Å²) in [5.41, 5.74) is 11.1. The Labute approximate surface area is 128 Å². The van der Waals surface area contributed by atoms with Crippen LogP contribution in [0, 0.1) is 6.92 Å². The van der Waals surface area contributed by atoms with E-state index in [0.29, 0.717) is 6.54 Å². The fraction of sp³-hybridized carbons (Fsp3) is 0.312. The quantitative estimate of drug-likeness (QED) is 0.785. The summed E-state index contributed by atoms with van der Waals surface area (Å²) < 4.78 is 5.65. The van der Waals surface area contributed by atoms with E-state index in [1.165, 1.54) is 4.88 Å². The first-order valence-electron chi connectivity index (χ1n) is 6.96. The number of hydrogen-bond acceptors (Lipinski definition) is 5. The van der Waals surface area contributed by atoms with Crippen LogP contribution in [0.15, 0.2) is 40.5 Å². The molecule has 2 aromatic heterocycles. The van der Waals surface area contributed by atoms with Gasteiger partial charge in [-0.1, -0.05) is 18.2 Å². The van der Waals surface area contributed by atoms with Crippen molar-refractivity contribution < 1.29 is 4.42 Å². The van der Waals surface area contributed by atoms with Crippen molar-refractivity contribution in [2.75, 3.05) is 13.6 Å². The summed E-state index contributed by atoms with van der Waals surface area (Å²) in [4.78, 5) is 7.85. The Morgan fingerprint density at radius 2 is 2.19 bits per heavy atom. The van der Waals surface area contributed by atoms with Crippen molar-refractivity contribution in [2.24, 2.45) is 5.73 Å². The number of benzene rings is 1. The number of hydrogen-bond donors (Lipinski definition) is 1. The molecule has 1 unspecified atom stereocenters. The molecular formula is C16H19N3OS. The van der Waals surface area contributed by atoms with Gasteiger partial charge in [-0.15, -0.1) is 11.3 Å². The molecule has 0 fully saturated rings. The van der Waals surface area contributed by atoms with Crippen molar-refractivity contribution in [1.29, 1.82) is 0 Å². The molecule has 3 aromatic rings. The molecule has 0 saturated heterocycles. The average Bonchev–Trinajstić information content (AvgIpc) is 3.08. The number of thiazole rings is 1. The van der Waals surface area contributed by atoms with Crippen LogP contribution < -0.4 is 5.73 Å². The lowest BCUT2D eigenvalue weighted by atomic mass is 10.0. The maximum absolute atomic E-state index is 6.03. The van der Waals surface area contributed by atoms with Crippen LogP contribution >= 0.6 is 11.3 Å². The maximum Gasteiger partial charge on any atom is 0.134 e. The minimum absolute atomic E-state index is 0.134. The van der Waals surface area contributed by atoms with Gasteiger partial charge in [-0.25, -0.2) is 4.98 Å². The predicted molar refractivity (Wildman–Crippen MR) is 86.3 cm³/mol. The lowest BCUT2D eigenvalue weighted by Crippen LogP contribution is -2.30. The molecule has 4 nitrogen and oxygen atoms in total. The van der Waals surface area contributed by atoms with Crippen LogP contribution in [-0.4, -0.2) is 23.5 Å². The highest BCUT2D eigenvalue weighted by molar-refractivity contribution is 7.09. The van der Waals surface area contributed by atoms with Gasteiger partial charge < -0.3 is 10.2 Å². The molecule has 0 spiro atoms. The standard InChI is InChI=1S/C16H19N3OS/c1-11-16(21-10-18-11)8-19(2)14(7-17)13-9-20-15-6-4-3-5-12(13)15/h3-6,9-10,14H,7-8,17H2,1-2H3. The summed E-state index contributed by atoms with van der Waals surface area (Å²) in [7, 11) is 2.10. The van der Waals surface area contributed by atoms with Crippen LogP contribution in [0.1, 0.15) is 22.2 Å². The van der Waals surface area contributed by atoms with E-state index < -0.39 is 0 Å². The zero-order chi connectivity index (χ0) is 14.8. The SMILES string of the molecule is Cc1ncsc1CN(C)C(CN)c1coc2ccccc12. The summed E-state index contributed by atoms with van der Waals surface area (Å²) in [6.07, 6.45) is 1.83. The Balaban J connectivity index is 1.89. The van der Waals surface area contributed by atoms with E-state index in [2.05, 4.69) is 23.0 Å². The highest BCUT2D eigenvalue weighted by Gasteiger charge is 2.21. The molecule has 110 valence electrons. The normalized spacial score (nSPS) is 13.1. The number of para-hydroxylation sites is 1. The average molecular weight is 301 g/mol. The molecular weight excluding hydrogens is 282 g/mol. The van der Waals surface area contributed by atoms with Crippen molar-refractivity contribution in [3.63, 3.8) is 0 Å². The summed E-state index contributed by atoms with van der Waals surface area (Å²) >= 11 is 1.69. The number of fused-ring (bicyclic) bond motifs is 1. The zero-order valence-corrected chi connectivity index (χ0v) is 13.1. The molecule has 0 amide bonds. The molecule has 3 rings (SSSR count). The molecule has 1 atom stereocenters. The van der Waals surface area contributed by atoms with Gasteiger partial charge in [0.05, 0.1) is 23.5 Å². The summed E-state index contributed by atoms with van der Waals surface area (Å²) in [5, 5.41) is 1.14. The van der Waals surface area contributed by atoms with E-state index in [1.807, 2.05) is 36.9 Å². The van der Waals surface area contributed by atoms with Crippen LogP contribution in [0.5, 0.6) is 0 Å². The third-order valence-electron chi connectivity index (χ3n) is 3.86. The number of nitrogens with zero attached hydrogens (tertiary/aromatic N) is 2. The highest BCUT2D eigenvalue weighted by atomic mass is 32.1. The second-order valence-electron chi connectivity index (χ2n) is 5.21. The highest BCUT2D eigenvalue weighted by Crippen LogP contribution is 2.30. The molecule has 5 heteroatoms. The first kappa shape index (κ1) is 14.3. The Hall–Kier alpha value is -1.69. The van der Waals surface area contributed by atoms with Crippen LogP contribution in [0.2, 0.25) is 0 Å². The van der Waals surface area contributed by atoms with Gasteiger partial charge >= 0.3 is 0 Å². The van der Waals surface area contributed by atoms with Crippen molar-refractivity contribution >= 4 is 22.3 Å². The zero-order valence-electron chi connectivity index (χ0n) is 12.2. The molecule has 2 heterocycles. The monoisotopic (exact) mass is 301 g/mol. The number of rotatable bonds is 5. The molecule has 0 aliphatic heterocycles. The van der Waals surface area contributed by atoms with Crippen molar-refractivity contribution in [3.05, 3.63) is 52.2 Å². The van der Waals surface area contributed by atoms with Crippen molar-refractivity contribution in [3.8, 4) is 0 Å². The van der Waals surface area contributed by atoms with Gasteiger partial charge in [-0.2, -0.15) is 0 Å². The van der Waals surface area contributed by atoms with Gasteiger partial charge in [0.15, 0.2) is 0 Å². The predicted octanol–water partition coefficient (Wildman–Crippen LogP) is 3.33. The van der Waals surface area contributed by atoms with Gasteiger partial charge in [-0.3, -0.25) is 4.90 Å². The van der Waals surface area contributed by atoms with E-state index in [4.69, 9.17) is 10.2 Å². The van der Waals surface area contributed by atoms with Gasteiger partial charge in [0.1, 0.15) is 5.58 Å². The second-order valence-corrected chi connectivity index (χ2v) is 6.15. The molecule has 0 aliphatic rings. The van der Waals surface area contributed by atoms with E-state index >= 15 is 0 Å². The minimum atomic E-state index is 0.134. The lowest BCUT2D eigenvalue weighted by molar-refractivity contribution is 0.243. The molecule has 1 aromatic carbocycles. The number of aromatic nitrogens is 1. The van der Waals surface area contributed by atoms with Crippen molar-refractivity contribution in [2.45, 2.75) is 19.5 Å². The minimum Gasteiger partial charge on any atom is -0.464 e. The van der Waals surface area contributed by atoms with E-state index in [-0.39, 0.29) is 6.04 Å². The largest absolute Gasteiger partial charge is 0.464 e. The summed E-state index contributed by atoms with van der Waals surface area (Å²) in [6, 6.07) is 8.22. The molecule has 0 radical (unpaired) electrons. The van der Waals surface area contributed by atoms with Gasteiger partial charge in [0.2, 0.25) is 0 Å². The van der Waals surface area contributed by atoms with Crippen LogP contribution in [0.25, 0.3) is 11.0 Å². The van der Waals surface area contributed by atoms with E-state index in [1.54, 1.807) is 11.3 Å². The van der Waals surface area contributed by atoms with Crippen molar-refractivity contribution in [1.82, 2.24) is 9.88 Å². The van der Waals surface area contributed by atoms with E-state index in [0.717, 1.165) is 28.8 Å². The fourth-order valence-corrected chi connectivity index (χ4v) is 3.45. The second kappa shape index (κ2) is 5.97. The molecule has 21 heavy (non-hydrogen) atoms. The Bertz CT molecular complexity index is 734. The topological polar surface area (TPSA) is 55.3 Å². The van der Waals surface area contributed by atoms with Crippen LogP contribution in [-0.2, 0) is 6.54 Å². The number of nitrogens with two attached hydrogens (primary N) is 1. The third kappa shape index (κ3) is 2.72. The lowest BCUT2D eigenvalue weighted by Gasteiger charge is -2.26. The van der Waals surface area contributed by atoms with E-state index in [9.17, 15) is 0 Å². The number of aryl methyl sites for hydroxylation is 1. The maximum atomic E-state index is 6.03. The smallest absolute Gasteiger partial charge is 0.134 e. The van der Waals surface area contributed by atoms with Gasteiger partial charge in [0, 0.05) is 28.9 Å². The fourth-order valence-electron chi connectivity index (χ4n) is 2.62. The summed E-state index contributed by atoms with van der Waals surface area (Å²) in [6.45, 7) is 3.44. The third-order valence-corrected chi connectivity index (χ3v) is 4.78. The van der Waals surface area contributed by atoms with Gasteiger partial charge in [-0.05, 0) is 20.0 Å².